The molecule has 1 spiro atoms. The molecule has 7 nitrogen and oxygen atoms in total. The quantitative estimate of drug-likeness (QED) is 0.756. The molecule has 26 heavy (non-hydrogen) atoms. The number of hydrogen-bond donors (Lipinski definition) is 0. The number of nitrogens with zero attached hydrogens (tertiary/aromatic N) is 3. The predicted molar refractivity (Wildman–Crippen MR) is 93.6 cm³/mol. The van der Waals surface area contributed by atoms with Gasteiger partial charge in [0.1, 0.15) is 0 Å². The third-order valence-corrected chi connectivity index (χ3v) is 6.07. The maximum atomic E-state index is 12.7. The Bertz CT molecular complexity index is 667. The predicted octanol–water partition coefficient (Wildman–Crippen LogP) is 1.09. The third kappa shape index (κ3) is 2.70. The van der Waals surface area contributed by atoms with E-state index in [0.29, 0.717) is 31.9 Å². The summed E-state index contributed by atoms with van der Waals surface area (Å²) in [6, 6.07) is 3.66. The topological polar surface area (TPSA) is 72.0 Å². The number of β-lactam (4-membered cyclic amide) rings is 1. The van der Waals surface area contributed by atoms with Gasteiger partial charge >= 0.3 is 0 Å². The van der Waals surface area contributed by atoms with E-state index in [0.717, 1.165) is 25.7 Å². The maximum Gasteiger partial charge on any atom is 0.254 e. The Morgan fingerprint density at radius 3 is 2.50 bits per heavy atom. The Hall–Kier alpha value is -1.99. The van der Waals surface area contributed by atoms with Gasteiger partial charge < -0.3 is 19.3 Å². The molecule has 0 saturated carbocycles. The number of carbonyl (C=O) groups is 2. The molecule has 1 atom stereocenters. The van der Waals surface area contributed by atoms with Gasteiger partial charge in [-0.15, -0.1) is 0 Å². The Morgan fingerprint density at radius 1 is 1.23 bits per heavy atom. The fourth-order valence-corrected chi connectivity index (χ4v) is 4.73. The van der Waals surface area contributed by atoms with Crippen LogP contribution in [-0.2, 0) is 14.3 Å². The molecular weight excluding hydrogens is 334 g/mol. The Labute approximate surface area is 153 Å². The van der Waals surface area contributed by atoms with Crippen LogP contribution >= 0.6 is 0 Å². The van der Waals surface area contributed by atoms with Crippen molar-refractivity contribution in [2.75, 3.05) is 33.4 Å². The van der Waals surface area contributed by atoms with Crippen LogP contribution in [0.4, 0.5) is 0 Å². The van der Waals surface area contributed by atoms with E-state index in [4.69, 9.17) is 9.47 Å². The van der Waals surface area contributed by atoms with Crippen LogP contribution in [0.25, 0.3) is 0 Å². The highest BCUT2D eigenvalue weighted by Crippen LogP contribution is 2.45. The number of pyridine rings is 1. The average Bonchev–Trinajstić information content (AvgIpc) is 2.70. The van der Waals surface area contributed by atoms with Crippen LogP contribution in [0, 0.1) is 0 Å². The summed E-state index contributed by atoms with van der Waals surface area (Å²) in [5.41, 5.74) is 0.449. The number of rotatable bonds is 3. The van der Waals surface area contributed by atoms with Crippen LogP contribution in [0.5, 0.6) is 0 Å². The van der Waals surface area contributed by atoms with E-state index in [1.165, 1.54) is 0 Å². The zero-order valence-corrected chi connectivity index (χ0v) is 15.1. The average molecular weight is 359 g/mol. The molecule has 1 aromatic rings. The molecule has 4 rings (SSSR count). The molecule has 3 fully saturated rings. The lowest BCUT2D eigenvalue weighted by Gasteiger charge is -2.61. The summed E-state index contributed by atoms with van der Waals surface area (Å²) in [4.78, 5) is 33.2. The SMILES string of the molecule is COC1C(=O)N(C2CCN(C(=O)c3ccncc3)CC2)C12CCOCC2. The van der Waals surface area contributed by atoms with Gasteiger partial charge in [-0.2, -0.15) is 0 Å². The highest BCUT2D eigenvalue weighted by Gasteiger charge is 2.62. The standard InChI is InChI=1S/C19H25N3O4/c1-25-16-18(24)22(19(16)6-12-26-13-7-19)15-4-10-21(11-5-15)17(23)14-2-8-20-9-3-14/h2-3,8-9,15-16H,4-7,10-13H2,1H3. The fourth-order valence-electron chi connectivity index (χ4n) is 4.73. The largest absolute Gasteiger partial charge is 0.381 e. The molecule has 140 valence electrons. The first-order valence-corrected chi connectivity index (χ1v) is 9.30. The van der Waals surface area contributed by atoms with Gasteiger partial charge in [0.15, 0.2) is 6.10 Å². The number of amides is 2. The number of methoxy groups -OCH3 is 1. The minimum Gasteiger partial charge on any atom is -0.381 e. The van der Waals surface area contributed by atoms with Gasteiger partial charge in [0.2, 0.25) is 0 Å². The van der Waals surface area contributed by atoms with Crippen LogP contribution in [-0.4, -0.2) is 77.7 Å². The van der Waals surface area contributed by atoms with E-state index in [1.54, 1.807) is 31.6 Å². The minimum atomic E-state index is -0.345. The van der Waals surface area contributed by atoms with Gasteiger partial charge in [0.05, 0.1) is 5.54 Å². The zero-order chi connectivity index (χ0) is 18.1. The minimum absolute atomic E-state index is 0.0383. The van der Waals surface area contributed by atoms with Crippen LogP contribution in [0.3, 0.4) is 0 Å². The second kappa shape index (κ2) is 6.96. The summed E-state index contributed by atoms with van der Waals surface area (Å²) in [6.07, 6.45) is 6.20. The summed E-state index contributed by atoms with van der Waals surface area (Å²) in [5, 5.41) is 0. The lowest BCUT2D eigenvalue weighted by atomic mass is 9.72. The Morgan fingerprint density at radius 2 is 1.88 bits per heavy atom. The zero-order valence-electron chi connectivity index (χ0n) is 15.1. The Balaban J connectivity index is 1.43. The molecule has 2 amide bonds. The summed E-state index contributed by atoms with van der Waals surface area (Å²) in [6.45, 7) is 2.67. The number of carbonyl (C=O) groups excluding carboxylic acids is 2. The molecular formula is C19H25N3O4. The Kier molecular flexibility index (Phi) is 4.67. The van der Waals surface area contributed by atoms with Crippen molar-refractivity contribution in [1.82, 2.24) is 14.8 Å². The first-order chi connectivity index (χ1) is 12.7. The lowest BCUT2D eigenvalue weighted by Crippen LogP contribution is -2.79. The van der Waals surface area contributed by atoms with Crippen LogP contribution in [0.1, 0.15) is 36.0 Å². The molecule has 0 N–H and O–H groups in total. The number of piperidine rings is 1. The third-order valence-electron chi connectivity index (χ3n) is 6.07. The van der Waals surface area contributed by atoms with Gasteiger partial charge in [-0.1, -0.05) is 0 Å². The number of likely N-dealkylation sites (tertiary alicyclic amines) is 2. The van der Waals surface area contributed by atoms with Crippen molar-refractivity contribution < 1.29 is 19.1 Å². The van der Waals surface area contributed by atoms with Crippen molar-refractivity contribution in [2.24, 2.45) is 0 Å². The summed E-state index contributed by atoms with van der Waals surface area (Å²) in [5.74, 6) is 0.129. The molecule has 3 aliphatic heterocycles. The van der Waals surface area contributed by atoms with Gasteiger partial charge in [0, 0.05) is 57.4 Å². The summed E-state index contributed by atoms with van der Waals surface area (Å²) in [7, 11) is 1.62. The summed E-state index contributed by atoms with van der Waals surface area (Å²) >= 11 is 0. The smallest absolute Gasteiger partial charge is 0.254 e. The van der Waals surface area contributed by atoms with Crippen molar-refractivity contribution in [3.05, 3.63) is 30.1 Å². The van der Waals surface area contributed by atoms with E-state index < -0.39 is 0 Å². The van der Waals surface area contributed by atoms with E-state index >= 15 is 0 Å². The van der Waals surface area contributed by atoms with Gasteiger partial charge in [0.25, 0.3) is 11.8 Å². The molecule has 7 heteroatoms. The lowest BCUT2D eigenvalue weighted by molar-refractivity contribution is -0.213. The first kappa shape index (κ1) is 17.4. The molecule has 0 bridgehead atoms. The van der Waals surface area contributed by atoms with Crippen molar-refractivity contribution in [3.63, 3.8) is 0 Å². The molecule has 0 aromatic carbocycles. The molecule has 0 radical (unpaired) electrons. The first-order valence-electron chi connectivity index (χ1n) is 9.30. The summed E-state index contributed by atoms with van der Waals surface area (Å²) < 4.78 is 11.0. The maximum absolute atomic E-state index is 12.7. The molecule has 3 aliphatic rings. The molecule has 1 unspecified atom stereocenters. The molecule has 4 heterocycles. The van der Waals surface area contributed by atoms with Crippen molar-refractivity contribution >= 4 is 11.8 Å². The second-order valence-electron chi connectivity index (χ2n) is 7.30. The highest BCUT2D eigenvalue weighted by atomic mass is 16.5. The van der Waals surface area contributed by atoms with Crippen LogP contribution in [0.15, 0.2) is 24.5 Å². The molecule has 1 aromatic heterocycles. The van der Waals surface area contributed by atoms with E-state index in [9.17, 15) is 9.59 Å². The number of aromatic nitrogens is 1. The number of ether oxygens (including phenoxy) is 2. The van der Waals surface area contributed by atoms with Crippen molar-refractivity contribution in [1.29, 1.82) is 0 Å². The van der Waals surface area contributed by atoms with E-state index in [1.807, 2.05) is 4.90 Å². The molecule has 0 aliphatic carbocycles. The number of hydrogen-bond acceptors (Lipinski definition) is 5. The van der Waals surface area contributed by atoms with Crippen LogP contribution < -0.4 is 0 Å². The van der Waals surface area contributed by atoms with Crippen molar-refractivity contribution in [2.45, 2.75) is 43.4 Å². The second-order valence-corrected chi connectivity index (χ2v) is 7.30. The normalized spacial score (nSPS) is 26.0. The molecule has 3 saturated heterocycles. The van der Waals surface area contributed by atoms with E-state index in [-0.39, 0.29) is 29.5 Å². The highest BCUT2D eigenvalue weighted by molar-refractivity contribution is 5.94. The fraction of sp³-hybridized carbons (Fsp3) is 0.632. The van der Waals surface area contributed by atoms with Gasteiger partial charge in [-0.3, -0.25) is 14.6 Å². The van der Waals surface area contributed by atoms with E-state index in [2.05, 4.69) is 9.88 Å². The van der Waals surface area contributed by atoms with Gasteiger partial charge in [-0.05, 0) is 37.8 Å². The monoisotopic (exact) mass is 359 g/mol. The van der Waals surface area contributed by atoms with Crippen molar-refractivity contribution in [3.8, 4) is 0 Å². The van der Waals surface area contributed by atoms with Crippen LogP contribution in [0.2, 0.25) is 0 Å². The van der Waals surface area contributed by atoms with Gasteiger partial charge in [-0.25, -0.2) is 0 Å².